The number of hydrogen-bond acceptors (Lipinski definition) is 2. The number of ether oxygens (including phenoxy) is 1. The Morgan fingerprint density at radius 3 is 2.32 bits per heavy atom. The Labute approximate surface area is 114 Å². The van der Waals surface area contributed by atoms with E-state index in [1.807, 2.05) is 30.3 Å². The zero-order chi connectivity index (χ0) is 13.1. The summed E-state index contributed by atoms with van der Waals surface area (Å²) < 4.78 is 5.41. The van der Waals surface area contributed by atoms with Crippen LogP contribution in [0.5, 0.6) is 0 Å². The maximum absolute atomic E-state index is 12.6. The highest BCUT2D eigenvalue weighted by Crippen LogP contribution is 2.32. The Hall–Kier alpha value is -1.35. The van der Waals surface area contributed by atoms with Crippen molar-refractivity contribution in [3.63, 3.8) is 0 Å². The minimum atomic E-state index is 0.292. The molecule has 3 rings (SSSR count). The molecule has 1 amide bonds. The topological polar surface area (TPSA) is 29.5 Å². The van der Waals surface area contributed by atoms with Gasteiger partial charge in [-0.2, -0.15) is 0 Å². The fourth-order valence-corrected chi connectivity index (χ4v) is 2.88. The molecule has 0 unspecified atom stereocenters. The molecule has 1 aromatic rings. The van der Waals surface area contributed by atoms with Crippen molar-refractivity contribution in [2.45, 2.75) is 44.2 Å². The van der Waals surface area contributed by atoms with Gasteiger partial charge in [0.15, 0.2) is 0 Å². The first kappa shape index (κ1) is 12.7. The number of carbonyl (C=O) groups excluding carboxylic acids is 1. The van der Waals surface area contributed by atoms with Crippen LogP contribution in [0.4, 0.5) is 0 Å². The van der Waals surface area contributed by atoms with E-state index < -0.39 is 0 Å². The summed E-state index contributed by atoms with van der Waals surface area (Å²) in [6.07, 6.45) is 4.89. The summed E-state index contributed by atoms with van der Waals surface area (Å²) in [5, 5.41) is 0. The van der Waals surface area contributed by atoms with Crippen molar-refractivity contribution in [2.75, 3.05) is 13.2 Å². The van der Waals surface area contributed by atoms with Crippen LogP contribution in [-0.2, 0) is 16.0 Å². The average Bonchev–Trinajstić information content (AvgIpc) is 3.26. The first-order valence-corrected chi connectivity index (χ1v) is 7.27. The third kappa shape index (κ3) is 3.16. The molecule has 1 aliphatic carbocycles. The third-order valence-corrected chi connectivity index (χ3v) is 4.01. The van der Waals surface area contributed by atoms with Crippen LogP contribution in [0, 0.1) is 0 Å². The van der Waals surface area contributed by atoms with Crippen LogP contribution < -0.4 is 0 Å². The van der Waals surface area contributed by atoms with Gasteiger partial charge < -0.3 is 9.64 Å². The van der Waals surface area contributed by atoms with Crippen molar-refractivity contribution >= 4 is 5.91 Å². The lowest BCUT2D eigenvalue weighted by Gasteiger charge is -2.34. The van der Waals surface area contributed by atoms with Crippen LogP contribution in [0.3, 0.4) is 0 Å². The van der Waals surface area contributed by atoms with Gasteiger partial charge in [0, 0.05) is 25.3 Å². The summed E-state index contributed by atoms with van der Waals surface area (Å²) in [6.45, 7) is 1.60. The molecule has 0 atom stereocenters. The van der Waals surface area contributed by atoms with Gasteiger partial charge in [-0.25, -0.2) is 0 Å². The number of nitrogens with zero attached hydrogens (tertiary/aromatic N) is 1. The van der Waals surface area contributed by atoms with Crippen molar-refractivity contribution < 1.29 is 9.53 Å². The van der Waals surface area contributed by atoms with Gasteiger partial charge in [-0.1, -0.05) is 30.3 Å². The Balaban J connectivity index is 1.67. The number of hydrogen-bond donors (Lipinski definition) is 0. The zero-order valence-corrected chi connectivity index (χ0v) is 11.3. The molecule has 1 aliphatic heterocycles. The van der Waals surface area contributed by atoms with E-state index in [1.165, 1.54) is 12.8 Å². The second kappa shape index (κ2) is 5.74. The average molecular weight is 259 g/mol. The summed E-state index contributed by atoms with van der Waals surface area (Å²) in [5.74, 6) is 0.292. The highest BCUT2D eigenvalue weighted by Gasteiger charge is 2.37. The molecule has 0 radical (unpaired) electrons. The molecular weight excluding hydrogens is 238 g/mol. The fourth-order valence-electron chi connectivity index (χ4n) is 2.88. The normalized spacial score (nSPS) is 20.2. The van der Waals surface area contributed by atoms with E-state index in [9.17, 15) is 4.79 Å². The highest BCUT2D eigenvalue weighted by molar-refractivity contribution is 5.79. The van der Waals surface area contributed by atoms with Gasteiger partial charge in [-0.05, 0) is 31.2 Å². The quantitative estimate of drug-likeness (QED) is 0.831. The largest absolute Gasteiger partial charge is 0.381 e. The minimum Gasteiger partial charge on any atom is -0.381 e. The first-order valence-electron chi connectivity index (χ1n) is 7.27. The lowest BCUT2D eigenvalue weighted by Crippen LogP contribution is -2.45. The summed E-state index contributed by atoms with van der Waals surface area (Å²) >= 11 is 0. The summed E-state index contributed by atoms with van der Waals surface area (Å²) in [4.78, 5) is 14.7. The number of carbonyl (C=O) groups is 1. The molecule has 1 aromatic carbocycles. The molecule has 1 saturated heterocycles. The maximum atomic E-state index is 12.6. The van der Waals surface area contributed by atoms with Gasteiger partial charge in [-0.3, -0.25) is 4.79 Å². The molecule has 3 nitrogen and oxygen atoms in total. The van der Waals surface area contributed by atoms with Crippen molar-refractivity contribution in [3.8, 4) is 0 Å². The van der Waals surface area contributed by atoms with E-state index in [2.05, 4.69) is 4.90 Å². The molecule has 3 heteroatoms. The molecule has 1 heterocycles. The number of rotatable bonds is 4. The van der Waals surface area contributed by atoms with Gasteiger partial charge in [0.05, 0.1) is 6.42 Å². The van der Waals surface area contributed by atoms with Crippen molar-refractivity contribution in [3.05, 3.63) is 35.9 Å². The van der Waals surface area contributed by atoms with E-state index >= 15 is 0 Å². The van der Waals surface area contributed by atoms with E-state index in [1.54, 1.807) is 0 Å². The van der Waals surface area contributed by atoms with Crippen molar-refractivity contribution in [1.82, 2.24) is 4.90 Å². The second-order valence-electron chi connectivity index (χ2n) is 5.54. The van der Waals surface area contributed by atoms with Crippen LogP contribution in [0.25, 0.3) is 0 Å². The van der Waals surface area contributed by atoms with Crippen LogP contribution >= 0.6 is 0 Å². The van der Waals surface area contributed by atoms with Gasteiger partial charge in [-0.15, -0.1) is 0 Å². The Bertz CT molecular complexity index is 422. The smallest absolute Gasteiger partial charge is 0.227 e. The molecular formula is C16H21NO2. The van der Waals surface area contributed by atoms with Crippen LogP contribution in [0.15, 0.2) is 30.3 Å². The molecule has 0 aromatic heterocycles. The molecule has 19 heavy (non-hydrogen) atoms. The predicted molar refractivity (Wildman–Crippen MR) is 73.9 cm³/mol. The molecule has 0 N–H and O–H groups in total. The van der Waals surface area contributed by atoms with Crippen LogP contribution in [-0.4, -0.2) is 36.1 Å². The fraction of sp³-hybridized carbons (Fsp3) is 0.562. The summed E-state index contributed by atoms with van der Waals surface area (Å²) in [5.41, 5.74) is 1.12. The zero-order valence-electron chi connectivity index (χ0n) is 11.3. The Kier molecular flexibility index (Phi) is 3.83. The van der Waals surface area contributed by atoms with Crippen LogP contribution in [0.2, 0.25) is 0 Å². The van der Waals surface area contributed by atoms with Crippen LogP contribution in [0.1, 0.15) is 31.2 Å². The minimum absolute atomic E-state index is 0.292. The molecule has 1 saturated carbocycles. The predicted octanol–water partition coefficient (Wildman–Crippen LogP) is 2.40. The lowest BCUT2D eigenvalue weighted by atomic mass is 10.0. The summed E-state index contributed by atoms with van der Waals surface area (Å²) in [6, 6.07) is 11.0. The van der Waals surface area contributed by atoms with E-state index in [-0.39, 0.29) is 0 Å². The van der Waals surface area contributed by atoms with Crippen molar-refractivity contribution in [2.24, 2.45) is 0 Å². The van der Waals surface area contributed by atoms with Crippen molar-refractivity contribution in [1.29, 1.82) is 0 Å². The Morgan fingerprint density at radius 1 is 1.05 bits per heavy atom. The van der Waals surface area contributed by atoms with E-state index in [4.69, 9.17) is 4.74 Å². The lowest BCUT2D eigenvalue weighted by molar-refractivity contribution is -0.135. The van der Waals surface area contributed by atoms with Gasteiger partial charge >= 0.3 is 0 Å². The molecule has 2 fully saturated rings. The van der Waals surface area contributed by atoms with E-state index in [0.29, 0.717) is 24.4 Å². The maximum Gasteiger partial charge on any atom is 0.227 e. The van der Waals surface area contributed by atoms with E-state index in [0.717, 1.165) is 31.6 Å². The molecule has 0 bridgehead atoms. The van der Waals surface area contributed by atoms with Gasteiger partial charge in [0.1, 0.15) is 0 Å². The van der Waals surface area contributed by atoms with Gasteiger partial charge in [0.2, 0.25) is 5.91 Å². The molecule has 0 spiro atoms. The SMILES string of the molecule is O=C(Cc1ccccc1)N(C1CCOCC1)C1CC1. The highest BCUT2D eigenvalue weighted by atomic mass is 16.5. The summed E-state index contributed by atoms with van der Waals surface area (Å²) in [7, 11) is 0. The molecule has 102 valence electrons. The Morgan fingerprint density at radius 2 is 1.68 bits per heavy atom. The third-order valence-electron chi connectivity index (χ3n) is 4.01. The molecule has 2 aliphatic rings. The first-order chi connectivity index (χ1) is 9.34. The monoisotopic (exact) mass is 259 g/mol. The standard InChI is InChI=1S/C16H21NO2/c18-16(12-13-4-2-1-3-5-13)17(14-6-7-14)15-8-10-19-11-9-15/h1-5,14-15H,6-12H2. The number of amides is 1. The second-order valence-corrected chi connectivity index (χ2v) is 5.54. The van der Waals surface area contributed by atoms with Gasteiger partial charge in [0.25, 0.3) is 0 Å². The number of benzene rings is 1.